The van der Waals surface area contributed by atoms with Gasteiger partial charge in [0.25, 0.3) is 0 Å². The lowest BCUT2D eigenvalue weighted by atomic mass is 10.1. The molecular weight excluding hydrogens is 230 g/mol. The average molecular weight is 245 g/mol. The van der Waals surface area contributed by atoms with Crippen molar-refractivity contribution in [1.29, 1.82) is 0 Å². The van der Waals surface area contributed by atoms with Gasteiger partial charge in [-0.1, -0.05) is 0 Å². The normalized spacial score (nSPS) is 10.2. The van der Waals surface area contributed by atoms with Crippen molar-refractivity contribution >= 4 is 0 Å². The third kappa shape index (κ3) is 2.26. The fourth-order valence-corrected chi connectivity index (χ4v) is 1.74. The van der Waals surface area contributed by atoms with E-state index in [-0.39, 0.29) is 0 Å². The molecule has 94 valence electrons. The Morgan fingerprint density at radius 2 is 1.78 bits per heavy atom. The number of benzene rings is 1. The second kappa shape index (κ2) is 5.46. The SMILES string of the molecule is COc1ccc(-c2nccnc2CN)cc1OC. The Morgan fingerprint density at radius 1 is 1.06 bits per heavy atom. The zero-order chi connectivity index (χ0) is 13.0. The van der Waals surface area contributed by atoms with Gasteiger partial charge in [0.05, 0.1) is 25.6 Å². The number of methoxy groups -OCH3 is 2. The summed E-state index contributed by atoms with van der Waals surface area (Å²) in [6.45, 7) is 0.345. The van der Waals surface area contributed by atoms with Crippen molar-refractivity contribution in [3.8, 4) is 22.8 Å². The lowest BCUT2D eigenvalue weighted by Gasteiger charge is -2.10. The van der Waals surface area contributed by atoms with Crippen molar-refractivity contribution in [2.24, 2.45) is 5.73 Å². The highest BCUT2D eigenvalue weighted by Crippen LogP contribution is 2.32. The molecule has 0 saturated carbocycles. The standard InChI is InChI=1S/C13H15N3O2/c1-17-11-4-3-9(7-12(11)18-2)13-10(8-14)15-5-6-16-13/h3-7H,8,14H2,1-2H3. The zero-order valence-electron chi connectivity index (χ0n) is 10.4. The Bertz CT molecular complexity index is 544. The van der Waals surface area contributed by atoms with Crippen LogP contribution in [0.5, 0.6) is 11.5 Å². The van der Waals surface area contributed by atoms with Crippen LogP contribution in [-0.4, -0.2) is 24.2 Å². The molecule has 0 fully saturated rings. The van der Waals surface area contributed by atoms with Gasteiger partial charge in [-0.2, -0.15) is 0 Å². The third-order valence-corrected chi connectivity index (χ3v) is 2.62. The van der Waals surface area contributed by atoms with Crippen LogP contribution in [0.25, 0.3) is 11.3 Å². The summed E-state index contributed by atoms with van der Waals surface area (Å²) in [5.74, 6) is 1.34. The van der Waals surface area contributed by atoms with Crippen molar-refractivity contribution in [1.82, 2.24) is 9.97 Å². The van der Waals surface area contributed by atoms with E-state index in [0.717, 1.165) is 17.0 Å². The van der Waals surface area contributed by atoms with Crippen LogP contribution in [0.2, 0.25) is 0 Å². The number of nitrogens with zero attached hydrogens (tertiary/aromatic N) is 2. The molecule has 0 aliphatic rings. The van der Waals surface area contributed by atoms with E-state index in [1.165, 1.54) is 0 Å². The molecule has 2 rings (SSSR count). The van der Waals surface area contributed by atoms with Crippen LogP contribution in [-0.2, 0) is 6.54 Å². The largest absolute Gasteiger partial charge is 0.493 e. The molecular formula is C13H15N3O2. The van der Waals surface area contributed by atoms with Gasteiger partial charge in [0, 0.05) is 24.5 Å². The maximum Gasteiger partial charge on any atom is 0.161 e. The highest BCUT2D eigenvalue weighted by Gasteiger charge is 2.10. The van der Waals surface area contributed by atoms with Gasteiger partial charge in [0.2, 0.25) is 0 Å². The summed E-state index contributed by atoms with van der Waals surface area (Å²) in [6, 6.07) is 5.61. The highest BCUT2D eigenvalue weighted by molar-refractivity contribution is 5.65. The quantitative estimate of drug-likeness (QED) is 0.886. The maximum absolute atomic E-state index is 5.66. The summed E-state index contributed by atoms with van der Waals surface area (Å²) in [6.07, 6.45) is 3.28. The number of aromatic nitrogens is 2. The summed E-state index contributed by atoms with van der Waals surface area (Å²) in [5, 5.41) is 0. The van der Waals surface area contributed by atoms with Crippen LogP contribution in [0.15, 0.2) is 30.6 Å². The molecule has 0 radical (unpaired) electrons. The van der Waals surface area contributed by atoms with E-state index in [9.17, 15) is 0 Å². The van der Waals surface area contributed by atoms with Crippen molar-refractivity contribution in [2.75, 3.05) is 14.2 Å². The molecule has 0 atom stereocenters. The van der Waals surface area contributed by atoms with Crippen LogP contribution in [0.1, 0.15) is 5.69 Å². The van der Waals surface area contributed by atoms with Crippen molar-refractivity contribution in [3.63, 3.8) is 0 Å². The Labute approximate surface area is 106 Å². The summed E-state index contributed by atoms with van der Waals surface area (Å²) >= 11 is 0. The average Bonchev–Trinajstić information content (AvgIpc) is 2.46. The summed E-state index contributed by atoms with van der Waals surface area (Å²) in [5.41, 5.74) is 8.08. The maximum atomic E-state index is 5.66. The summed E-state index contributed by atoms with van der Waals surface area (Å²) < 4.78 is 10.5. The van der Waals surface area contributed by atoms with E-state index in [2.05, 4.69) is 9.97 Å². The number of nitrogens with two attached hydrogens (primary N) is 1. The lowest BCUT2D eigenvalue weighted by Crippen LogP contribution is -2.03. The molecule has 0 spiro atoms. The van der Waals surface area contributed by atoms with E-state index >= 15 is 0 Å². The van der Waals surface area contributed by atoms with Crippen LogP contribution < -0.4 is 15.2 Å². The van der Waals surface area contributed by atoms with Gasteiger partial charge in [0.1, 0.15) is 0 Å². The van der Waals surface area contributed by atoms with Gasteiger partial charge < -0.3 is 15.2 Å². The predicted molar refractivity (Wildman–Crippen MR) is 68.5 cm³/mol. The molecule has 1 aromatic carbocycles. The third-order valence-electron chi connectivity index (χ3n) is 2.62. The molecule has 5 heteroatoms. The molecule has 0 amide bonds. The van der Waals surface area contributed by atoms with Gasteiger partial charge in [-0.15, -0.1) is 0 Å². The Balaban J connectivity index is 2.51. The number of ether oxygens (including phenoxy) is 2. The highest BCUT2D eigenvalue weighted by atomic mass is 16.5. The second-order valence-electron chi connectivity index (χ2n) is 3.63. The van der Waals surface area contributed by atoms with Gasteiger partial charge >= 0.3 is 0 Å². The van der Waals surface area contributed by atoms with E-state index in [1.807, 2.05) is 18.2 Å². The molecule has 2 N–H and O–H groups in total. The number of hydrogen-bond acceptors (Lipinski definition) is 5. The minimum absolute atomic E-state index is 0.345. The molecule has 1 aromatic heterocycles. The van der Waals surface area contributed by atoms with Gasteiger partial charge in [-0.25, -0.2) is 0 Å². The molecule has 0 aliphatic heterocycles. The molecule has 0 saturated heterocycles. The molecule has 18 heavy (non-hydrogen) atoms. The van der Waals surface area contributed by atoms with Gasteiger partial charge in [-0.3, -0.25) is 9.97 Å². The first-order valence-corrected chi connectivity index (χ1v) is 5.52. The van der Waals surface area contributed by atoms with E-state index in [0.29, 0.717) is 18.0 Å². The van der Waals surface area contributed by atoms with Crippen molar-refractivity contribution in [3.05, 3.63) is 36.3 Å². The monoisotopic (exact) mass is 245 g/mol. The first kappa shape index (κ1) is 12.3. The van der Waals surface area contributed by atoms with E-state index in [1.54, 1.807) is 26.6 Å². The predicted octanol–water partition coefficient (Wildman–Crippen LogP) is 1.62. The van der Waals surface area contributed by atoms with E-state index in [4.69, 9.17) is 15.2 Å². The second-order valence-corrected chi connectivity index (χ2v) is 3.63. The smallest absolute Gasteiger partial charge is 0.161 e. The van der Waals surface area contributed by atoms with Crippen molar-refractivity contribution in [2.45, 2.75) is 6.54 Å². The summed E-state index contributed by atoms with van der Waals surface area (Å²) in [7, 11) is 3.20. The zero-order valence-corrected chi connectivity index (χ0v) is 10.4. The molecule has 0 bridgehead atoms. The van der Waals surface area contributed by atoms with Crippen LogP contribution >= 0.6 is 0 Å². The van der Waals surface area contributed by atoms with Crippen LogP contribution in [0.3, 0.4) is 0 Å². The minimum Gasteiger partial charge on any atom is -0.493 e. The number of rotatable bonds is 4. The molecule has 0 unspecified atom stereocenters. The van der Waals surface area contributed by atoms with Crippen molar-refractivity contribution < 1.29 is 9.47 Å². The first-order valence-electron chi connectivity index (χ1n) is 5.52. The Kier molecular flexibility index (Phi) is 3.74. The topological polar surface area (TPSA) is 70.3 Å². The molecule has 0 aliphatic carbocycles. The van der Waals surface area contributed by atoms with E-state index < -0.39 is 0 Å². The fraction of sp³-hybridized carbons (Fsp3) is 0.231. The Morgan fingerprint density at radius 3 is 2.44 bits per heavy atom. The number of hydrogen-bond donors (Lipinski definition) is 1. The van der Waals surface area contributed by atoms with Crippen LogP contribution in [0.4, 0.5) is 0 Å². The minimum atomic E-state index is 0.345. The first-order chi connectivity index (χ1) is 8.80. The van der Waals surface area contributed by atoms with Gasteiger partial charge in [0.15, 0.2) is 11.5 Å². The summed E-state index contributed by atoms with van der Waals surface area (Å²) in [4.78, 5) is 8.52. The van der Waals surface area contributed by atoms with Crippen LogP contribution in [0, 0.1) is 0 Å². The molecule has 2 aromatic rings. The van der Waals surface area contributed by atoms with Gasteiger partial charge in [-0.05, 0) is 18.2 Å². The fourth-order valence-electron chi connectivity index (χ4n) is 1.74. The molecule has 5 nitrogen and oxygen atoms in total. The molecule has 1 heterocycles. The lowest BCUT2D eigenvalue weighted by molar-refractivity contribution is 0.355. The Hall–Kier alpha value is -2.14.